The van der Waals surface area contributed by atoms with Crippen molar-refractivity contribution in [1.82, 2.24) is 4.90 Å². The molecule has 25 heavy (non-hydrogen) atoms. The Bertz CT molecular complexity index is 805. The van der Waals surface area contributed by atoms with Crippen LogP contribution in [0.2, 0.25) is 10.0 Å². The minimum Gasteiger partial charge on any atom is -0.339 e. The van der Waals surface area contributed by atoms with Crippen LogP contribution in [0.5, 0.6) is 0 Å². The van der Waals surface area contributed by atoms with E-state index in [0.29, 0.717) is 15.7 Å². The lowest BCUT2D eigenvalue weighted by molar-refractivity contribution is -0.111. The largest absolute Gasteiger partial charge is 0.339 e. The number of benzene rings is 2. The van der Waals surface area contributed by atoms with Crippen LogP contribution in [0.25, 0.3) is 6.08 Å². The maximum atomic E-state index is 12.0. The van der Waals surface area contributed by atoms with Gasteiger partial charge in [0.15, 0.2) is 0 Å². The molecule has 0 saturated carbocycles. The minimum absolute atomic E-state index is 0.0543. The van der Waals surface area contributed by atoms with Gasteiger partial charge in [0.25, 0.3) is 5.24 Å². The van der Waals surface area contributed by atoms with Gasteiger partial charge in [-0.1, -0.05) is 29.3 Å². The van der Waals surface area contributed by atoms with Crippen LogP contribution in [0.3, 0.4) is 0 Å². The zero-order chi connectivity index (χ0) is 18.4. The van der Waals surface area contributed by atoms with Gasteiger partial charge in [-0.3, -0.25) is 9.59 Å². The van der Waals surface area contributed by atoms with E-state index in [1.807, 2.05) is 0 Å². The number of thioether (sulfide) groups is 1. The van der Waals surface area contributed by atoms with E-state index < -0.39 is 0 Å². The van der Waals surface area contributed by atoms with Gasteiger partial charge in [-0.15, -0.1) is 0 Å². The van der Waals surface area contributed by atoms with Crippen molar-refractivity contribution in [2.24, 2.45) is 0 Å². The van der Waals surface area contributed by atoms with Crippen molar-refractivity contribution >= 4 is 57.9 Å². The lowest BCUT2D eigenvalue weighted by Crippen LogP contribution is -2.16. The summed E-state index contributed by atoms with van der Waals surface area (Å²) in [6.45, 7) is 0. The molecule has 0 heterocycles. The summed E-state index contributed by atoms with van der Waals surface area (Å²) in [5, 5.41) is 3.60. The van der Waals surface area contributed by atoms with E-state index in [-0.39, 0.29) is 11.1 Å². The Morgan fingerprint density at radius 2 is 1.72 bits per heavy atom. The van der Waals surface area contributed by atoms with Crippen LogP contribution in [-0.4, -0.2) is 30.1 Å². The highest BCUT2D eigenvalue weighted by molar-refractivity contribution is 8.13. The lowest BCUT2D eigenvalue weighted by atomic mass is 10.2. The van der Waals surface area contributed by atoms with E-state index in [1.165, 1.54) is 11.0 Å². The van der Waals surface area contributed by atoms with Gasteiger partial charge < -0.3 is 10.2 Å². The Morgan fingerprint density at radius 1 is 1.04 bits per heavy atom. The molecule has 0 aliphatic carbocycles. The average Bonchev–Trinajstić information content (AvgIpc) is 2.57. The Kier molecular flexibility index (Phi) is 6.93. The SMILES string of the molecule is CN(C)C(=O)Sc1ccc(NC(=O)/C=C/c2ccc(Cl)c(Cl)c2)cc1. The van der Waals surface area contributed by atoms with E-state index in [1.54, 1.807) is 62.6 Å². The monoisotopic (exact) mass is 394 g/mol. The van der Waals surface area contributed by atoms with E-state index in [0.717, 1.165) is 22.2 Å². The first kappa shape index (κ1) is 19.4. The van der Waals surface area contributed by atoms with Crippen LogP contribution in [0.1, 0.15) is 5.56 Å². The van der Waals surface area contributed by atoms with Gasteiger partial charge in [0.1, 0.15) is 0 Å². The molecule has 0 saturated heterocycles. The number of hydrogen-bond acceptors (Lipinski definition) is 3. The van der Waals surface area contributed by atoms with Gasteiger partial charge in [0.2, 0.25) is 5.91 Å². The fourth-order valence-electron chi connectivity index (χ4n) is 1.77. The normalized spacial score (nSPS) is 10.7. The highest BCUT2D eigenvalue weighted by atomic mass is 35.5. The van der Waals surface area contributed by atoms with Gasteiger partial charge in [-0.05, 0) is 59.8 Å². The second-order valence-electron chi connectivity index (χ2n) is 5.28. The molecule has 0 spiro atoms. The van der Waals surface area contributed by atoms with Crippen molar-refractivity contribution in [2.45, 2.75) is 4.90 Å². The van der Waals surface area contributed by atoms with E-state index in [2.05, 4.69) is 5.32 Å². The molecule has 0 aliphatic heterocycles. The third-order valence-electron chi connectivity index (χ3n) is 3.06. The summed E-state index contributed by atoms with van der Waals surface area (Å²) in [7, 11) is 3.40. The number of halogens is 2. The fourth-order valence-corrected chi connectivity index (χ4v) is 2.73. The molecular weight excluding hydrogens is 379 g/mol. The van der Waals surface area contributed by atoms with Crippen LogP contribution in [0.15, 0.2) is 53.4 Å². The first-order valence-corrected chi connectivity index (χ1v) is 8.86. The van der Waals surface area contributed by atoms with Crippen LogP contribution in [0.4, 0.5) is 10.5 Å². The predicted molar refractivity (Wildman–Crippen MR) is 106 cm³/mol. The summed E-state index contributed by atoms with van der Waals surface area (Å²) < 4.78 is 0. The van der Waals surface area contributed by atoms with Crippen LogP contribution in [0, 0.1) is 0 Å². The standard InChI is InChI=1S/C18H16Cl2N2O2S/c1-22(2)18(24)25-14-7-5-13(6-8-14)21-17(23)10-4-12-3-9-15(19)16(20)11-12/h3-11H,1-2H3,(H,21,23)/b10-4+. The smallest absolute Gasteiger partial charge is 0.285 e. The van der Waals surface area contributed by atoms with Crippen molar-refractivity contribution in [2.75, 3.05) is 19.4 Å². The van der Waals surface area contributed by atoms with Crippen molar-refractivity contribution in [3.63, 3.8) is 0 Å². The van der Waals surface area contributed by atoms with Gasteiger partial charge in [0, 0.05) is 30.8 Å². The van der Waals surface area contributed by atoms with E-state index in [4.69, 9.17) is 23.2 Å². The number of amides is 2. The number of carbonyl (C=O) groups is 2. The first-order valence-electron chi connectivity index (χ1n) is 7.28. The summed E-state index contributed by atoms with van der Waals surface area (Å²) in [6.07, 6.45) is 3.06. The molecular formula is C18H16Cl2N2O2S. The molecule has 0 aliphatic rings. The molecule has 0 bridgehead atoms. The molecule has 0 fully saturated rings. The predicted octanol–water partition coefficient (Wildman–Crippen LogP) is 5.42. The number of hydrogen-bond donors (Lipinski definition) is 1. The molecule has 0 atom stereocenters. The maximum absolute atomic E-state index is 12.0. The van der Waals surface area contributed by atoms with Crippen LogP contribution >= 0.6 is 35.0 Å². The Balaban J connectivity index is 1.94. The summed E-state index contributed by atoms with van der Waals surface area (Å²) in [5.41, 5.74) is 1.42. The Hall–Kier alpha value is -1.95. The van der Waals surface area contributed by atoms with E-state index >= 15 is 0 Å². The van der Waals surface area contributed by atoms with Gasteiger partial charge in [-0.2, -0.15) is 0 Å². The number of anilines is 1. The quantitative estimate of drug-likeness (QED) is 0.556. The van der Waals surface area contributed by atoms with Gasteiger partial charge >= 0.3 is 0 Å². The Labute approximate surface area is 160 Å². The molecule has 4 nitrogen and oxygen atoms in total. The second kappa shape index (κ2) is 8.94. The van der Waals surface area contributed by atoms with Gasteiger partial charge in [-0.25, -0.2) is 0 Å². The summed E-state index contributed by atoms with van der Waals surface area (Å²) >= 11 is 12.9. The third kappa shape index (κ3) is 6.12. The summed E-state index contributed by atoms with van der Waals surface area (Å²) in [4.78, 5) is 25.9. The minimum atomic E-state index is -0.268. The first-order chi connectivity index (χ1) is 11.8. The van der Waals surface area contributed by atoms with Crippen molar-refractivity contribution in [3.05, 3.63) is 64.1 Å². The fraction of sp³-hybridized carbons (Fsp3) is 0.111. The lowest BCUT2D eigenvalue weighted by Gasteiger charge is -2.09. The van der Waals surface area contributed by atoms with Crippen molar-refractivity contribution < 1.29 is 9.59 Å². The molecule has 0 aromatic heterocycles. The zero-order valence-corrected chi connectivity index (χ0v) is 16.0. The topological polar surface area (TPSA) is 49.4 Å². The summed E-state index contributed by atoms with van der Waals surface area (Å²) in [5.74, 6) is -0.268. The number of nitrogens with one attached hydrogen (secondary N) is 1. The molecule has 2 rings (SSSR count). The number of carbonyl (C=O) groups excluding carboxylic acids is 2. The van der Waals surface area contributed by atoms with Crippen LogP contribution < -0.4 is 5.32 Å². The molecule has 7 heteroatoms. The average molecular weight is 395 g/mol. The highest BCUT2D eigenvalue weighted by Gasteiger charge is 2.06. The maximum Gasteiger partial charge on any atom is 0.285 e. The highest BCUT2D eigenvalue weighted by Crippen LogP contribution is 2.24. The molecule has 2 aromatic rings. The van der Waals surface area contributed by atoms with E-state index in [9.17, 15) is 9.59 Å². The van der Waals surface area contributed by atoms with Gasteiger partial charge in [0.05, 0.1) is 10.0 Å². The molecule has 2 amide bonds. The second-order valence-corrected chi connectivity index (χ2v) is 7.12. The molecule has 0 unspecified atom stereocenters. The third-order valence-corrected chi connectivity index (χ3v) is 4.85. The number of rotatable bonds is 4. The zero-order valence-electron chi connectivity index (χ0n) is 13.6. The number of nitrogens with zero attached hydrogens (tertiary/aromatic N) is 1. The van der Waals surface area contributed by atoms with Crippen LogP contribution in [-0.2, 0) is 4.79 Å². The molecule has 0 radical (unpaired) electrons. The van der Waals surface area contributed by atoms with Crippen molar-refractivity contribution in [1.29, 1.82) is 0 Å². The Morgan fingerprint density at radius 3 is 2.32 bits per heavy atom. The molecule has 1 N–H and O–H groups in total. The van der Waals surface area contributed by atoms with Crippen molar-refractivity contribution in [3.8, 4) is 0 Å². The summed E-state index contributed by atoms with van der Waals surface area (Å²) in [6, 6.07) is 12.2. The molecule has 130 valence electrons. The molecule has 2 aromatic carbocycles.